The predicted molar refractivity (Wildman–Crippen MR) is 33.3 cm³/mol. The Kier molecular flexibility index (Phi) is 1.30. The lowest BCUT2D eigenvalue weighted by atomic mass is 10.2. The molecule has 2 heteroatoms. The summed E-state index contributed by atoms with van der Waals surface area (Å²) >= 11 is 0. The molecule has 1 rings (SSSR count). The van der Waals surface area contributed by atoms with Gasteiger partial charge in [0.2, 0.25) is 0 Å². The summed E-state index contributed by atoms with van der Waals surface area (Å²) in [4.78, 5) is 0. The Morgan fingerprint density at radius 1 is 1.33 bits per heavy atom. The molecular weight excluding hydrogens is 116 g/mol. The Hall–Kier alpha value is -1.18. The van der Waals surface area contributed by atoms with Crippen LogP contribution in [0.1, 0.15) is 5.56 Å². The van der Waals surface area contributed by atoms with Crippen molar-refractivity contribution in [2.75, 3.05) is 0 Å². The van der Waals surface area contributed by atoms with Crippen LogP contribution in [0.3, 0.4) is 0 Å². The molecule has 0 aliphatic carbocycles. The molecule has 0 spiro atoms. The van der Waals surface area contributed by atoms with Gasteiger partial charge in [0, 0.05) is 6.07 Å². The van der Waals surface area contributed by atoms with Gasteiger partial charge in [0.25, 0.3) is 0 Å². The molecule has 47 valence electrons. The van der Waals surface area contributed by atoms with E-state index in [1.54, 1.807) is 13.0 Å². The van der Waals surface area contributed by atoms with Crippen LogP contribution in [0, 0.1) is 13.0 Å². The maximum absolute atomic E-state index is 8.79. The fraction of sp³-hybridized carbons (Fsp3) is 0.143. The summed E-state index contributed by atoms with van der Waals surface area (Å²) in [6, 6.07) is 5.65. The zero-order chi connectivity index (χ0) is 6.85. The van der Waals surface area contributed by atoms with Crippen molar-refractivity contribution in [1.29, 1.82) is 0 Å². The molecule has 2 nitrogen and oxygen atoms in total. The predicted octanol–water partition coefficient (Wildman–Crippen LogP) is 1.21. The number of hydrogen-bond donors (Lipinski definition) is 2. The zero-order valence-electron chi connectivity index (χ0n) is 5.05. The topological polar surface area (TPSA) is 40.5 Å². The third-order valence-corrected chi connectivity index (χ3v) is 1.05. The van der Waals surface area contributed by atoms with Crippen LogP contribution < -0.4 is 0 Å². The lowest BCUT2D eigenvalue weighted by Crippen LogP contribution is -1.71. The highest BCUT2D eigenvalue weighted by Gasteiger charge is 1.95. The van der Waals surface area contributed by atoms with Crippen molar-refractivity contribution in [1.82, 2.24) is 0 Å². The van der Waals surface area contributed by atoms with Crippen molar-refractivity contribution in [3.05, 3.63) is 23.8 Å². The van der Waals surface area contributed by atoms with E-state index in [0.717, 1.165) is 5.56 Å². The summed E-state index contributed by atoms with van der Waals surface area (Å²) in [6.45, 7) is 1.79. The Balaban J connectivity index is 3.17. The van der Waals surface area contributed by atoms with Crippen LogP contribution in [0.2, 0.25) is 0 Å². The molecule has 0 saturated carbocycles. The van der Waals surface area contributed by atoms with Gasteiger partial charge in [-0.2, -0.15) is 0 Å². The van der Waals surface area contributed by atoms with Crippen LogP contribution in [-0.2, 0) is 0 Å². The molecule has 0 heterocycles. The van der Waals surface area contributed by atoms with Gasteiger partial charge in [-0.05, 0) is 18.6 Å². The monoisotopic (exact) mass is 123 g/mol. The number of aryl methyl sites for hydroxylation is 1. The zero-order valence-corrected chi connectivity index (χ0v) is 5.05. The lowest BCUT2D eigenvalue weighted by molar-refractivity contribution is 0.402. The van der Waals surface area contributed by atoms with Gasteiger partial charge < -0.3 is 10.2 Å². The number of phenolic OH excluding ortho intramolecular Hbond substituents is 2. The second-order valence-electron chi connectivity index (χ2n) is 1.88. The Morgan fingerprint density at radius 2 is 2.00 bits per heavy atom. The Bertz CT molecular complexity index is 218. The first kappa shape index (κ1) is 5.95. The van der Waals surface area contributed by atoms with Crippen molar-refractivity contribution >= 4 is 0 Å². The van der Waals surface area contributed by atoms with Crippen LogP contribution in [0.15, 0.2) is 12.1 Å². The minimum Gasteiger partial charge on any atom is -0.504 e. The number of phenols is 2. The number of hydrogen-bond acceptors (Lipinski definition) is 2. The summed E-state index contributed by atoms with van der Waals surface area (Å²) in [5, 5.41) is 17.6. The molecule has 0 unspecified atom stereocenters. The van der Waals surface area contributed by atoms with E-state index in [-0.39, 0.29) is 11.5 Å². The number of benzene rings is 1. The molecular formula is C7H7O2. The van der Waals surface area contributed by atoms with Crippen molar-refractivity contribution < 1.29 is 10.2 Å². The molecule has 0 saturated heterocycles. The molecule has 0 aromatic heterocycles. The average molecular weight is 123 g/mol. The molecule has 9 heavy (non-hydrogen) atoms. The Labute approximate surface area is 53.4 Å². The lowest BCUT2D eigenvalue weighted by Gasteiger charge is -1.95. The van der Waals surface area contributed by atoms with Crippen LogP contribution in [0.4, 0.5) is 0 Å². The highest BCUT2D eigenvalue weighted by molar-refractivity contribution is 5.38. The summed E-state index contributed by atoms with van der Waals surface area (Å²) in [6.07, 6.45) is 0. The van der Waals surface area contributed by atoms with Crippen LogP contribution >= 0.6 is 0 Å². The molecule has 0 bridgehead atoms. The quantitative estimate of drug-likeness (QED) is 0.509. The van der Waals surface area contributed by atoms with Gasteiger partial charge in [-0.15, -0.1) is 0 Å². The van der Waals surface area contributed by atoms with Crippen LogP contribution in [0.25, 0.3) is 0 Å². The fourth-order valence-corrected chi connectivity index (χ4v) is 0.575. The molecule has 0 amide bonds. The first-order valence-corrected chi connectivity index (χ1v) is 2.61. The van der Waals surface area contributed by atoms with E-state index in [2.05, 4.69) is 6.07 Å². The van der Waals surface area contributed by atoms with Crippen molar-refractivity contribution in [2.45, 2.75) is 6.92 Å². The maximum atomic E-state index is 8.79. The molecule has 1 aromatic carbocycles. The molecule has 0 aliphatic rings. The van der Waals surface area contributed by atoms with E-state index < -0.39 is 0 Å². The first-order chi connectivity index (χ1) is 4.20. The first-order valence-electron chi connectivity index (χ1n) is 2.61. The van der Waals surface area contributed by atoms with Gasteiger partial charge in [0.1, 0.15) is 0 Å². The van der Waals surface area contributed by atoms with Crippen LogP contribution in [0.5, 0.6) is 11.5 Å². The standard InChI is InChI=1S/C7H7O2/c1-5-2-3-6(8)7(9)4-5/h2-3,8-9H,1H3. The van der Waals surface area contributed by atoms with Gasteiger partial charge in [-0.3, -0.25) is 0 Å². The van der Waals surface area contributed by atoms with E-state index >= 15 is 0 Å². The van der Waals surface area contributed by atoms with E-state index in [9.17, 15) is 0 Å². The summed E-state index contributed by atoms with van der Waals surface area (Å²) in [5.41, 5.74) is 0.810. The summed E-state index contributed by atoms with van der Waals surface area (Å²) < 4.78 is 0. The molecule has 0 atom stereocenters. The minimum atomic E-state index is -0.185. The smallest absolute Gasteiger partial charge is 0.165 e. The van der Waals surface area contributed by atoms with E-state index in [4.69, 9.17) is 10.2 Å². The molecule has 1 radical (unpaired) electrons. The number of rotatable bonds is 0. The summed E-state index contributed by atoms with van der Waals surface area (Å²) in [7, 11) is 0. The van der Waals surface area contributed by atoms with Gasteiger partial charge in [0.05, 0.1) is 0 Å². The number of aromatic hydroxyl groups is 2. The third kappa shape index (κ3) is 1.13. The van der Waals surface area contributed by atoms with Gasteiger partial charge >= 0.3 is 0 Å². The van der Waals surface area contributed by atoms with Crippen molar-refractivity contribution in [3.8, 4) is 11.5 Å². The molecule has 2 N–H and O–H groups in total. The van der Waals surface area contributed by atoms with Gasteiger partial charge in [-0.25, -0.2) is 0 Å². The third-order valence-electron chi connectivity index (χ3n) is 1.05. The van der Waals surface area contributed by atoms with Gasteiger partial charge in [-0.1, -0.05) is 6.07 Å². The second kappa shape index (κ2) is 1.97. The molecule has 0 aliphatic heterocycles. The highest BCUT2D eigenvalue weighted by atomic mass is 16.3. The van der Waals surface area contributed by atoms with Crippen molar-refractivity contribution in [3.63, 3.8) is 0 Å². The van der Waals surface area contributed by atoms with Gasteiger partial charge in [0.15, 0.2) is 11.5 Å². The second-order valence-corrected chi connectivity index (χ2v) is 1.88. The largest absolute Gasteiger partial charge is 0.504 e. The van der Waals surface area contributed by atoms with E-state index in [1.165, 1.54) is 6.07 Å². The molecule has 0 fully saturated rings. The van der Waals surface area contributed by atoms with E-state index in [1.807, 2.05) is 0 Å². The maximum Gasteiger partial charge on any atom is 0.165 e. The Morgan fingerprint density at radius 3 is 2.44 bits per heavy atom. The SMILES string of the molecule is Cc1[c]c(O)c(O)cc1. The van der Waals surface area contributed by atoms with Crippen molar-refractivity contribution in [2.24, 2.45) is 0 Å². The molecule has 1 aromatic rings. The minimum absolute atomic E-state index is 0.124. The normalized spacial score (nSPS) is 9.44. The fourth-order valence-electron chi connectivity index (χ4n) is 0.575. The average Bonchev–Trinajstić information content (AvgIpc) is 1.80. The summed E-state index contributed by atoms with van der Waals surface area (Å²) in [5.74, 6) is -0.310. The van der Waals surface area contributed by atoms with Crippen LogP contribution in [-0.4, -0.2) is 10.2 Å². The van der Waals surface area contributed by atoms with E-state index in [0.29, 0.717) is 0 Å². The highest BCUT2D eigenvalue weighted by Crippen LogP contribution is 2.23.